The SMILES string of the molecule is CCC[C@H](N)C(=O)N1CCC2(CC1)C[C@H](n1cnc3c1c(=O)n(C)c(=O)n3C)[C@@](C)(O)CO2.Cl. The first-order valence-corrected chi connectivity index (χ1v) is 11.5. The number of aryl methyl sites for hydroxylation is 1. The molecule has 0 aliphatic carbocycles. The number of imidazole rings is 1. The van der Waals surface area contributed by atoms with E-state index in [9.17, 15) is 19.5 Å². The number of aliphatic hydroxyl groups is 1. The molecule has 12 heteroatoms. The lowest BCUT2D eigenvalue weighted by molar-refractivity contribution is -0.201. The number of aromatic nitrogens is 4. The number of nitrogens with two attached hydrogens (primary N) is 1. The van der Waals surface area contributed by atoms with Crippen molar-refractivity contribution >= 4 is 29.5 Å². The van der Waals surface area contributed by atoms with Gasteiger partial charge in [-0.3, -0.25) is 18.7 Å². The van der Waals surface area contributed by atoms with Crippen LogP contribution in [0, 0.1) is 0 Å². The van der Waals surface area contributed by atoms with Crippen molar-refractivity contribution in [1.29, 1.82) is 0 Å². The van der Waals surface area contributed by atoms with Crippen LogP contribution in [-0.2, 0) is 23.6 Å². The molecule has 3 atom stereocenters. The van der Waals surface area contributed by atoms with E-state index in [0.29, 0.717) is 38.8 Å². The number of hydrogen-bond donors (Lipinski definition) is 2. The second-order valence-corrected chi connectivity index (χ2v) is 9.80. The molecule has 11 nitrogen and oxygen atoms in total. The van der Waals surface area contributed by atoms with E-state index in [1.165, 1.54) is 17.9 Å². The van der Waals surface area contributed by atoms with Crippen LogP contribution in [0.3, 0.4) is 0 Å². The van der Waals surface area contributed by atoms with E-state index < -0.39 is 34.5 Å². The second kappa shape index (κ2) is 9.44. The molecular weight excluding hydrogens is 464 g/mol. The Balaban J connectivity index is 0.00000324. The van der Waals surface area contributed by atoms with Gasteiger partial charge in [-0.25, -0.2) is 9.78 Å². The molecule has 1 amide bonds. The van der Waals surface area contributed by atoms with Crippen molar-refractivity contribution in [3.8, 4) is 0 Å². The van der Waals surface area contributed by atoms with Gasteiger partial charge in [0.1, 0.15) is 5.60 Å². The molecule has 1 spiro atoms. The third-order valence-electron chi connectivity index (χ3n) is 7.37. The third-order valence-corrected chi connectivity index (χ3v) is 7.37. The van der Waals surface area contributed by atoms with Crippen molar-refractivity contribution in [2.45, 2.75) is 69.2 Å². The molecule has 2 aliphatic rings. The van der Waals surface area contributed by atoms with E-state index in [2.05, 4.69) is 4.98 Å². The maximum atomic E-state index is 13.0. The summed E-state index contributed by atoms with van der Waals surface area (Å²) >= 11 is 0. The number of piperidine rings is 1. The van der Waals surface area contributed by atoms with Crippen molar-refractivity contribution in [2.24, 2.45) is 19.8 Å². The van der Waals surface area contributed by atoms with E-state index in [1.54, 1.807) is 23.4 Å². The smallest absolute Gasteiger partial charge is 0.332 e. The van der Waals surface area contributed by atoms with Crippen LogP contribution in [0.15, 0.2) is 15.9 Å². The van der Waals surface area contributed by atoms with Crippen LogP contribution in [0.5, 0.6) is 0 Å². The third kappa shape index (κ3) is 4.30. The molecule has 0 radical (unpaired) electrons. The Labute approximate surface area is 203 Å². The number of fused-ring (bicyclic) bond motifs is 1. The molecule has 190 valence electrons. The van der Waals surface area contributed by atoms with Crippen molar-refractivity contribution in [3.63, 3.8) is 0 Å². The van der Waals surface area contributed by atoms with Gasteiger partial charge in [-0.1, -0.05) is 13.3 Å². The largest absolute Gasteiger partial charge is 0.386 e. The van der Waals surface area contributed by atoms with Gasteiger partial charge < -0.3 is 25.0 Å². The number of carbonyl (C=O) groups excluding carboxylic acids is 1. The van der Waals surface area contributed by atoms with Crippen molar-refractivity contribution in [3.05, 3.63) is 27.2 Å². The molecule has 0 aromatic carbocycles. The number of rotatable bonds is 4. The fourth-order valence-corrected chi connectivity index (χ4v) is 5.18. The first kappa shape index (κ1) is 26.4. The first-order chi connectivity index (χ1) is 15.5. The maximum absolute atomic E-state index is 13.0. The summed E-state index contributed by atoms with van der Waals surface area (Å²) in [6.07, 6.45) is 4.73. The number of halogens is 1. The molecule has 0 unspecified atom stereocenters. The summed E-state index contributed by atoms with van der Waals surface area (Å²) in [7, 11) is 3.00. The lowest BCUT2D eigenvalue weighted by atomic mass is 9.77. The minimum absolute atomic E-state index is 0. The Bertz CT molecular complexity index is 1180. The van der Waals surface area contributed by atoms with Gasteiger partial charge in [0, 0.05) is 33.6 Å². The average molecular weight is 499 g/mol. The molecule has 34 heavy (non-hydrogen) atoms. The van der Waals surface area contributed by atoms with Crippen LogP contribution in [-0.4, -0.2) is 71.5 Å². The van der Waals surface area contributed by atoms with Gasteiger partial charge in [0.15, 0.2) is 11.2 Å². The van der Waals surface area contributed by atoms with Crippen LogP contribution in [0.1, 0.15) is 52.0 Å². The number of hydrogen-bond acceptors (Lipinski definition) is 7. The summed E-state index contributed by atoms with van der Waals surface area (Å²) in [5, 5.41) is 11.2. The fourth-order valence-electron chi connectivity index (χ4n) is 5.18. The van der Waals surface area contributed by atoms with Crippen LogP contribution in [0.25, 0.3) is 11.2 Å². The summed E-state index contributed by atoms with van der Waals surface area (Å²) in [5.41, 5.74) is 3.92. The van der Waals surface area contributed by atoms with Crippen molar-refractivity contribution in [1.82, 2.24) is 23.6 Å². The molecular formula is C22H35ClN6O5. The van der Waals surface area contributed by atoms with Gasteiger partial charge in [-0.2, -0.15) is 0 Å². The van der Waals surface area contributed by atoms with Crippen molar-refractivity contribution in [2.75, 3.05) is 19.7 Å². The van der Waals surface area contributed by atoms with E-state index in [0.717, 1.165) is 11.0 Å². The molecule has 2 aliphatic heterocycles. The monoisotopic (exact) mass is 498 g/mol. The Morgan fingerprint density at radius 3 is 2.56 bits per heavy atom. The second-order valence-electron chi connectivity index (χ2n) is 9.80. The van der Waals surface area contributed by atoms with E-state index in [4.69, 9.17) is 10.5 Å². The van der Waals surface area contributed by atoms with Crippen molar-refractivity contribution < 1.29 is 14.6 Å². The van der Waals surface area contributed by atoms with Gasteiger partial charge in [0.25, 0.3) is 5.56 Å². The highest BCUT2D eigenvalue weighted by Crippen LogP contribution is 2.44. The Hall–Kier alpha value is -2.21. The minimum atomic E-state index is -1.24. The molecule has 4 heterocycles. The van der Waals surface area contributed by atoms with Gasteiger partial charge in [-0.15, -0.1) is 12.4 Å². The highest BCUT2D eigenvalue weighted by molar-refractivity contribution is 5.85. The van der Waals surface area contributed by atoms with Gasteiger partial charge >= 0.3 is 5.69 Å². The molecule has 0 saturated carbocycles. The van der Waals surface area contributed by atoms with Crippen LogP contribution >= 0.6 is 12.4 Å². The summed E-state index contributed by atoms with van der Waals surface area (Å²) in [5.74, 6) is -0.0314. The highest BCUT2D eigenvalue weighted by atomic mass is 35.5. The zero-order chi connectivity index (χ0) is 24.1. The quantitative estimate of drug-likeness (QED) is 0.607. The Kier molecular flexibility index (Phi) is 7.33. The van der Waals surface area contributed by atoms with Crippen LogP contribution in [0.4, 0.5) is 0 Å². The zero-order valence-corrected chi connectivity index (χ0v) is 21.0. The summed E-state index contributed by atoms with van der Waals surface area (Å²) in [6, 6.07) is -0.962. The number of likely N-dealkylation sites (tertiary alicyclic amines) is 1. The standard InChI is InChI=1S/C22H34N6O5.ClH/c1-5-6-14(23)18(29)27-9-7-22(8-10-27)11-15(21(2,32)12-33-22)28-13-24-17-16(28)19(30)26(4)20(31)25(17)3;/h13-15,32H,5-12,23H2,1-4H3;1H/t14-,15-,21-;/m0./s1. The molecule has 4 rings (SSSR count). The fraction of sp³-hybridized carbons (Fsp3) is 0.727. The molecule has 2 saturated heterocycles. The predicted molar refractivity (Wildman–Crippen MR) is 129 cm³/mol. The number of amides is 1. The highest BCUT2D eigenvalue weighted by Gasteiger charge is 2.50. The Morgan fingerprint density at radius 2 is 1.94 bits per heavy atom. The number of nitrogens with zero attached hydrogens (tertiary/aromatic N) is 5. The predicted octanol–water partition coefficient (Wildman–Crippen LogP) is 0.0565. The summed E-state index contributed by atoms with van der Waals surface area (Å²) in [4.78, 5) is 44.0. The van der Waals surface area contributed by atoms with E-state index in [1.807, 2.05) is 6.92 Å². The Morgan fingerprint density at radius 1 is 1.29 bits per heavy atom. The minimum Gasteiger partial charge on any atom is -0.386 e. The maximum Gasteiger partial charge on any atom is 0.332 e. The van der Waals surface area contributed by atoms with Gasteiger partial charge in [0.05, 0.1) is 30.6 Å². The topological polar surface area (TPSA) is 138 Å². The van der Waals surface area contributed by atoms with E-state index >= 15 is 0 Å². The molecule has 2 fully saturated rings. The van der Waals surface area contributed by atoms with Gasteiger partial charge in [0.2, 0.25) is 5.91 Å². The summed E-state index contributed by atoms with van der Waals surface area (Å²) in [6.45, 7) is 4.85. The number of carbonyl (C=O) groups is 1. The van der Waals surface area contributed by atoms with E-state index in [-0.39, 0.29) is 36.1 Å². The number of ether oxygens (including phenoxy) is 1. The summed E-state index contributed by atoms with van der Waals surface area (Å²) < 4.78 is 10.3. The average Bonchev–Trinajstić information content (AvgIpc) is 3.23. The molecule has 2 aromatic heterocycles. The van der Waals surface area contributed by atoms with Crippen LogP contribution < -0.4 is 17.0 Å². The lowest BCUT2D eigenvalue weighted by Crippen LogP contribution is -2.58. The zero-order valence-electron chi connectivity index (χ0n) is 20.2. The lowest BCUT2D eigenvalue weighted by Gasteiger charge is -2.51. The molecule has 3 N–H and O–H groups in total. The first-order valence-electron chi connectivity index (χ1n) is 11.5. The van der Waals surface area contributed by atoms with Gasteiger partial charge in [-0.05, 0) is 26.2 Å². The normalized spacial score (nSPS) is 25.4. The molecule has 0 bridgehead atoms. The van der Waals surface area contributed by atoms with Crippen LogP contribution in [0.2, 0.25) is 0 Å². The molecule has 2 aromatic rings.